The lowest BCUT2D eigenvalue weighted by atomic mass is 9.88. The van der Waals surface area contributed by atoms with E-state index in [2.05, 4.69) is 0 Å². The normalized spacial score (nSPS) is 21.1. The van der Waals surface area contributed by atoms with Gasteiger partial charge in [0.15, 0.2) is 5.78 Å². The molecule has 1 atom stereocenters. The molecule has 0 aromatic carbocycles. The molecule has 82 valence electrons. The van der Waals surface area contributed by atoms with Crippen LogP contribution in [0.1, 0.15) is 26.7 Å². The van der Waals surface area contributed by atoms with E-state index in [1.54, 1.807) is 7.11 Å². The molecule has 0 bridgehead atoms. The molecule has 1 saturated heterocycles. The third kappa shape index (κ3) is 2.79. The minimum Gasteiger partial charge on any atom is -0.381 e. The van der Waals surface area contributed by atoms with E-state index in [0.29, 0.717) is 13.2 Å². The van der Waals surface area contributed by atoms with Crippen molar-refractivity contribution in [1.29, 1.82) is 0 Å². The Morgan fingerprint density at radius 3 is 2.36 bits per heavy atom. The van der Waals surface area contributed by atoms with Gasteiger partial charge in [0.2, 0.25) is 0 Å². The molecular formula is C11H20O3. The zero-order chi connectivity index (χ0) is 10.6. The first-order valence-electron chi connectivity index (χ1n) is 5.31. The summed E-state index contributed by atoms with van der Waals surface area (Å²) in [7, 11) is 1.61. The van der Waals surface area contributed by atoms with Crippen molar-refractivity contribution in [3.63, 3.8) is 0 Å². The molecule has 0 aromatic rings. The van der Waals surface area contributed by atoms with Crippen molar-refractivity contribution in [2.24, 2.45) is 11.8 Å². The van der Waals surface area contributed by atoms with Gasteiger partial charge in [-0.1, -0.05) is 13.8 Å². The quantitative estimate of drug-likeness (QED) is 0.692. The highest BCUT2D eigenvalue weighted by Gasteiger charge is 2.30. The van der Waals surface area contributed by atoms with Crippen LogP contribution in [-0.4, -0.2) is 32.2 Å². The first-order chi connectivity index (χ1) is 6.66. The van der Waals surface area contributed by atoms with Crippen LogP contribution in [0.15, 0.2) is 0 Å². The van der Waals surface area contributed by atoms with Gasteiger partial charge in [-0.25, -0.2) is 0 Å². The van der Waals surface area contributed by atoms with Gasteiger partial charge in [-0.3, -0.25) is 4.79 Å². The molecule has 0 N–H and O–H groups in total. The monoisotopic (exact) mass is 200 g/mol. The SMILES string of the molecule is COC(C(=O)C1CCOCC1)C(C)C. The lowest BCUT2D eigenvalue weighted by Crippen LogP contribution is -2.36. The van der Waals surface area contributed by atoms with E-state index < -0.39 is 0 Å². The molecule has 1 heterocycles. The predicted molar refractivity (Wildman–Crippen MR) is 54.2 cm³/mol. The Morgan fingerprint density at radius 2 is 1.93 bits per heavy atom. The average Bonchev–Trinajstić information content (AvgIpc) is 2.19. The Bertz CT molecular complexity index is 183. The van der Waals surface area contributed by atoms with E-state index >= 15 is 0 Å². The van der Waals surface area contributed by atoms with Gasteiger partial charge in [0.25, 0.3) is 0 Å². The molecule has 0 spiro atoms. The maximum atomic E-state index is 12.0. The molecule has 3 nitrogen and oxygen atoms in total. The van der Waals surface area contributed by atoms with Crippen molar-refractivity contribution in [3.8, 4) is 0 Å². The van der Waals surface area contributed by atoms with Gasteiger partial charge < -0.3 is 9.47 Å². The Morgan fingerprint density at radius 1 is 1.36 bits per heavy atom. The molecule has 0 radical (unpaired) electrons. The Labute approximate surface area is 85.8 Å². The van der Waals surface area contributed by atoms with E-state index in [9.17, 15) is 4.79 Å². The summed E-state index contributed by atoms with van der Waals surface area (Å²) < 4.78 is 10.5. The van der Waals surface area contributed by atoms with Crippen molar-refractivity contribution in [1.82, 2.24) is 0 Å². The number of hydrogen-bond donors (Lipinski definition) is 0. The standard InChI is InChI=1S/C11H20O3/c1-8(2)11(13-3)10(12)9-4-6-14-7-5-9/h8-9,11H,4-7H2,1-3H3. The highest BCUT2D eigenvalue weighted by atomic mass is 16.5. The summed E-state index contributed by atoms with van der Waals surface area (Å²) >= 11 is 0. The fraction of sp³-hybridized carbons (Fsp3) is 0.909. The highest BCUT2D eigenvalue weighted by molar-refractivity contribution is 5.85. The lowest BCUT2D eigenvalue weighted by molar-refractivity contribution is -0.138. The van der Waals surface area contributed by atoms with Gasteiger partial charge in [-0.15, -0.1) is 0 Å². The number of ether oxygens (including phenoxy) is 2. The van der Waals surface area contributed by atoms with Crippen LogP contribution in [0.25, 0.3) is 0 Å². The Hall–Kier alpha value is -0.410. The summed E-state index contributed by atoms with van der Waals surface area (Å²) in [6.45, 7) is 5.46. The van der Waals surface area contributed by atoms with E-state index in [1.165, 1.54) is 0 Å². The summed E-state index contributed by atoms with van der Waals surface area (Å²) in [5.41, 5.74) is 0. The van der Waals surface area contributed by atoms with Crippen LogP contribution in [0.5, 0.6) is 0 Å². The van der Waals surface area contributed by atoms with Crippen LogP contribution in [-0.2, 0) is 14.3 Å². The highest BCUT2D eigenvalue weighted by Crippen LogP contribution is 2.21. The first-order valence-corrected chi connectivity index (χ1v) is 5.31. The minimum absolute atomic E-state index is 0.149. The second-order valence-corrected chi connectivity index (χ2v) is 4.19. The maximum absolute atomic E-state index is 12.0. The number of rotatable bonds is 4. The summed E-state index contributed by atoms with van der Waals surface area (Å²) in [5, 5.41) is 0. The van der Waals surface area contributed by atoms with Crippen LogP contribution in [0.3, 0.4) is 0 Å². The van der Waals surface area contributed by atoms with Crippen molar-refractivity contribution in [3.05, 3.63) is 0 Å². The summed E-state index contributed by atoms with van der Waals surface area (Å²) in [4.78, 5) is 12.0. The van der Waals surface area contributed by atoms with Gasteiger partial charge in [0.05, 0.1) is 0 Å². The molecule has 1 aliphatic heterocycles. The fourth-order valence-electron chi connectivity index (χ4n) is 1.93. The number of Topliss-reactive ketones (excluding diaryl/α,β-unsaturated/α-hetero) is 1. The summed E-state index contributed by atoms with van der Waals surface area (Å²) in [6, 6.07) is 0. The van der Waals surface area contributed by atoms with E-state index in [0.717, 1.165) is 12.8 Å². The van der Waals surface area contributed by atoms with Crippen LogP contribution in [0.2, 0.25) is 0 Å². The number of methoxy groups -OCH3 is 1. The number of carbonyl (C=O) groups is 1. The van der Waals surface area contributed by atoms with Gasteiger partial charge in [0, 0.05) is 26.2 Å². The predicted octanol–water partition coefficient (Wildman–Crippen LogP) is 1.65. The van der Waals surface area contributed by atoms with Crippen LogP contribution in [0, 0.1) is 11.8 Å². The molecule has 0 aliphatic carbocycles. The molecule has 1 aliphatic rings. The van der Waals surface area contributed by atoms with Gasteiger partial charge in [-0.05, 0) is 18.8 Å². The van der Waals surface area contributed by atoms with Crippen molar-refractivity contribution >= 4 is 5.78 Å². The van der Waals surface area contributed by atoms with Crippen LogP contribution in [0.4, 0.5) is 0 Å². The Balaban J connectivity index is 2.52. The Kier molecular flexibility index (Phi) is 4.55. The molecule has 1 rings (SSSR count). The molecule has 0 amide bonds. The smallest absolute Gasteiger partial charge is 0.165 e. The first kappa shape index (κ1) is 11.7. The fourth-order valence-corrected chi connectivity index (χ4v) is 1.93. The molecule has 1 fully saturated rings. The largest absolute Gasteiger partial charge is 0.381 e. The lowest BCUT2D eigenvalue weighted by Gasteiger charge is -2.26. The molecule has 0 aromatic heterocycles. The topological polar surface area (TPSA) is 35.5 Å². The van der Waals surface area contributed by atoms with Crippen molar-refractivity contribution in [2.45, 2.75) is 32.8 Å². The molecule has 0 saturated carbocycles. The summed E-state index contributed by atoms with van der Waals surface area (Å²) in [6.07, 6.45) is 1.47. The molecule has 1 unspecified atom stereocenters. The summed E-state index contributed by atoms with van der Waals surface area (Å²) in [5.74, 6) is 0.664. The van der Waals surface area contributed by atoms with Crippen LogP contribution < -0.4 is 0 Å². The number of carbonyl (C=O) groups excluding carboxylic acids is 1. The number of ketones is 1. The van der Waals surface area contributed by atoms with Crippen molar-refractivity contribution in [2.75, 3.05) is 20.3 Å². The van der Waals surface area contributed by atoms with E-state index in [4.69, 9.17) is 9.47 Å². The van der Waals surface area contributed by atoms with E-state index in [-0.39, 0.29) is 23.7 Å². The average molecular weight is 200 g/mol. The molecule has 3 heteroatoms. The maximum Gasteiger partial charge on any atom is 0.165 e. The van der Waals surface area contributed by atoms with Gasteiger partial charge in [0.1, 0.15) is 6.10 Å². The third-order valence-electron chi connectivity index (χ3n) is 2.76. The number of hydrogen-bond acceptors (Lipinski definition) is 3. The zero-order valence-corrected chi connectivity index (χ0v) is 9.29. The van der Waals surface area contributed by atoms with E-state index in [1.807, 2.05) is 13.8 Å². The molecular weight excluding hydrogens is 180 g/mol. The van der Waals surface area contributed by atoms with Crippen molar-refractivity contribution < 1.29 is 14.3 Å². The third-order valence-corrected chi connectivity index (χ3v) is 2.76. The molecule has 14 heavy (non-hydrogen) atoms. The van der Waals surface area contributed by atoms with Gasteiger partial charge >= 0.3 is 0 Å². The second-order valence-electron chi connectivity index (χ2n) is 4.19. The second kappa shape index (κ2) is 5.47. The minimum atomic E-state index is -0.238. The zero-order valence-electron chi connectivity index (χ0n) is 9.29. The van der Waals surface area contributed by atoms with Crippen LogP contribution >= 0.6 is 0 Å². The van der Waals surface area contributed by atoms with Gasteiger partial charge in [-0.2, -0.15) is 0 Å².